The number of nitrogens with one attached hydrogen (secondary N) is 1. The van der Waals surface area contributed by atoms with E-state index in [2.05, 4.69) is 48.2 Å². The van der Waals surface area contributed by atoms with Crippen LogP contribution in [0.5, 0.6) is 0 Å². The Hall–Kier alpha value is -0.980. The monoisotopic (exact) mass is 352 g/mol. The van der Waals surface area contributed by atoms with E-state index in [0.29, 0.717) is 6.04 Å². The molecule has 2 aromatic rings. The van der Waals surface area contributed by atoms with Gasteiger partial charge in [-0.05, 0) is 41.4 Å². The minimum absolute atomic E-state index is 0.479. The van der Waals surface area contributed by atoms with E-state index in [0.717, 1.165) is 37.6 Å². The van der Waals surface area contributed by atoms with Crippen molar-refractivity contribution in [2.24, 2.45) is 0 Å². The summed E-state index contributed by atoms with van der Waals surface area (Å²) in [7, 11) is 0. The highest BCUT2D eigenvalue weighted by Crippen LogP contribution is 2.25. The van der Waals surface area contributed by atoms with Gasteiger partial charge >= 0.3 is 0 Å². The minimum Gasteiger partial charge on any atom is -0.366 e. The molecule has 0 amide bonds. The van der Waals surface area contributed by atoms with Crippen LogP contribution in [0.25, 0.3) is 0 Å². The average molecular weight is 353 g/mol. The van der Waals surface area contributed by atoms with Crippen LogP contribution in [0.1, 0.15) is 17.0 Å². The van der Waals surface area contributed by atoms with Crippen LogP contribution in [-0.2, 0) is 6.54 Å². The number of thiophene rings is 1. The lowest BCUT2D eigenvalue weighted by atomic mass is 10.2. The Balaban J connectivity index is 1.54. The van der Waals surface area contributed by atoms with Gasteiger partial charge in [0, 0.05) is 42.3 Å². The van der Waals surface area contributed by atoms with Gasteiger partial charge in [-0.3, -0.25) is 4.90 Å². The number of aromatic nitrogens is 2. The topological polar surface area (TPSA) is 41.0 Å². The van der Waals surface area contributed by atoms with Crippen molar-refractivity contribution in [2.45, 2.75) is 25.9 Å². The predicted molar refractivity (Wildman–Crippen MR) is 86.1 cm³/mol. The van der Waals surface area contributed by atoms with Crippen molar-refractivity contribution in [1.82, 2.24) is 14.9 Å². The van der Waals surface area contributed by atoms with Gasteiger partial charge < -0.3 is 5.32 Å². The van der Waals surface area contributed by atoms with Crippen molar-refractivity contribution >= 4 is 33.1 Å². The molecule has 4 nitrogen and oxygen atoms in total. The molecule has 1 fully saturated rings. The molecule has 1 atom stereocenters. The van der Waals surface area contributed by atoms with Crippen molar-refractivity contribution in [3.63, 3.8) is 0 Å². The molecule has 0 aliphatic carbocycles. The molecule has 1 aliphatic rings. The molecule has 0 bridgehead atoms. The van der Waals surface area contributed by atoms with Gasteiger partial charge in [0.25, 0.3) is 0 Å². The van der Waals surface area contributed by atoms with Gasteiger partial charge in [0.15, 0.2) is 0 Å². The Bertz CT molecular complexity index is 586. The fourth-order valence-corrected chi connectivity index (χ4v) is 4.02. The molecule has 0 saturated carbocycles. The standard InChI is InChI=1S/C14H17BrN4S/c1-10-6-14(17-9-16-10)18-11-4-5-19(7-11)8-12-2-3-13(15)20-12/h2-3,6,9,11H,4-5,7-8H2,1H3,(H,16,17,18). The van der Waals surface area contributed by atoms with Crippen LogP contribution < -0.4 is 5.32 Å². The first-order valence-electron chi connectivity index (χ1n) is 6.71. The first-order chi connectivity index (χ1) is 9.69. The maximum absolute atomic E-state index is 4.27. The van der Waals surface area contributed by atoms with E-state index in [4.69, 9.17) is 0 Å². The maximum Gasteiger partial charge on any atom is 0.129 e. The second-order valence-electron chi connectivity index (χ2n) is 5.12. The molecular formula is C14H17BrN4S. The summed E-state index contributed by atoms with van der Waals surface area (Å²) < 4.78 is 1.21. The van der Waals surface area contributed by atoms with Crippen LogP contribution in [0.3, 0.4) is 0 Å². The van der Waals surface area contributed by atoms with E-state index < -0.39 is 0 Å². The molecule has 1 N–H and O–H groups in total. The SMILES string of the molecule is Cc1cc(NC2CCN(Cc3ccc(Br)s3)C2)ncn1. The third-order valence-electron chi connectivity index (χ3n) is 3.44. The molecule has 3 heterocycles. The first kappa shape index (κ1) is 14.0. The van der Waals surface area contributed by atoms with Crippen molar-refractivity contribution in [2.75, 3.05) is 18.4 Å². The molecule has 6 heteroatoms. The smallest absolute Gasteiger partial charge is 0.129 e. The number of halogens is 1. The molecule has 1 saturated heterocycles. The second-order valence-corrected chi connectivity index (χ2v) is 7.66. The van der Waals surface area contributed by atoms with Crippen LogP contribution in [0, 0.1) is 6.92 Å². The molecule has 0 spiro atoms. The third kappa shape index (κ3) is 3.56. The van der Waals surface area contributed by atoms with Gasteiger partial charge in [-0.25, -0.2) is 9.97 Å². The zero-order chi connectivity index (χ0) is 13.9. The quantitative estimate of drug-likeness (QED) is 0.916. The van der Waals surface area contributed by atoms with Crippen molar-refractivity contribution in [3.8, 4) is 0 Å². The molecule has 0 aromatic carbocycles. The van der Waals surface area contributed by atoms with Gasteiger partial charge in [-0.2, -0.15) is 0 Å². The summed E-state index contributed by atoms with van der Waals surface area (Å²) in [4.78, 5) is 12.3. The summed E-state index contributed by atoms with van der Waals surface area (Å²) in [6, 6.07) is 6.80. The average Bonchev–Trinajstić information content (AvgIpc) is 3.00. The van der Waals surface area contributed by atoms with Gasteiger partial charge in [-0.1, -0.05) is 0 Å². The first-order valence-corrected chi connectivity index (χ1v) is 8.32. The van der Waals surface area contributed by atoms with Gasteiger partial charge in [-0.15, -0.1) is 11.3 Å². The molecule has 0 radical (unpaired) electrons. The van der Waals surface area contributed by atoms with E-state index in [1.807, 2.05) is 24.3 Å². The van der Waals surface area contributed by atoms with Crippen LogP contribution >= 0.6 is 27.3 Å². The van der Waals surface area contributed by atoms with Crippen molar-refractivity contribution in [1.29, 1.82) is 0 Å². The van der Waals surface area contributed by atoms with Crippen molar-refractivity contribution in [3.05, 3.63) is 38.9 Å². The summed E-state index contributed by atoms with van der Waals surface area (Å²) in [5.41, 5.74) is 1.00. The lowest BCUT2D eigenvalue weighted by Crippen LogP contribution is -2.26. The van der Waals surface area contributed by atoms with Gasteiger partial charge in [0.2, 0.25) is 0 Å². The maximum atomic E-state index is 4.27. The summed E-state index contributed by atoms with van der Waals surface area (Å²) in [5, 5.41) is 3.50. The lowest BCUT2D eigenvalue weighted by Gasteiger charge is -2.16. The van der Waals surface area contributed by atoms with E-state index >= 15 is 0 Å². The summed E-state index contributed by atoms with van der Waals surface area (Å²) in [5.74, 6) is 0.934. The molecule has 20 heavy (non-hydrogen) atoms. The third-order valence-corrected chi connectivity index (χ3v) is 5.04. The normalized spacial score (nSPS) is 19.4. The summed E-state index contributed by atoms with van der Waals surface area (Å²) in [6.45, 7) is 5.23. The van der Waals surface area contributed by atoms with Gasteiger partial charge in [0.05, 0.1) is 3.79 Å². The Morgan fingerprint density at radius 2 is 2.35 bits per heavy atom. The molecule has 2 aromatic heterocycles. The zero-order valence-corrected chi connectivity index (χ0v) is 13.7. The highest BCUT2D eigenvalue weighted by molar-refractivity contribution is 9.11. The van der Waals surface area contributed by atoms with E-state index in [1.54, 1.807) is 6.33 Å². The summed E-state index contributed by atoms with van der Waals surface area (Å²) in [6.07, 6.45) is 2.78. The molecule has 1 unspecified atom stereocenters. The predicted octanol–water partition coefficient (Wildman–Crippen LogP) is 3.30. The van der Waals surface area contributed by atoms with Crippen LogP contribution in [0.4, 0.5) is 5.82 Å². The van der Waals surface area contributed by atoms with E-state index in [1.165, 1.54) is 8.66 Å². The fourth-order valence-electron chi connectivity index (χ4n) is 2.49. The molecule has 106 valence electrons. The number of hydrogen-bond donors (Lipinski definition) is 1. The molecule has 1 aliphatic heterocycles. The Labute approximate surface area is 131 Å². The van der Waals surface area contributed by atoms with Crippen molar-refractivity contribution < 1.29 is 0 Å². The Kier molecular flexibility index (Phi) is 4.33. The number of nitrogens with zero attached hydrogens (tertiary/aromatic N) is 3. The Morgan fingerprint density at radius 3 is 3.10 bits per heavy atom. The number of hydrogen-bond acceptors (Lipinski definition) is 5. The van der Waals surface area contributed by atoms with E-state index in [-0.39, 0.29) is 0 Å². The number of aryl methyl sites for hydroxylation is 1. The highest BCUT2D eigenvalue weighted by atomic mass is 79.9. The highest BCUT2D eigenvalue weighted by Gasteiger charge is 2.22. The summed E-state index contributed by atoms with van der Waals surface area (Å²) >= 11 is 5.33. The Morgan fingerprint density at radius 1 is 1.45 bits per heavy atom. The van der Waals surface area contributed by atoms with Crippen LogP contribution in [0.15, 0.2) is 28.3 Å². The number of rotatable bonds is 4. The molecular weight excluding hydrogens is 336 g/mol. The fraction of sp³-hybridized carbons (Fsp3) is 0.429. The zero-order valence-electron chi connectivity index (χ0n) is 11.3. The van der Waals surface area contributed by atoms with Crippen LogP contribution in [-0.4, -0.2) is 34.0 Å². The molecule has 3 rings (SSSR count). The lowest BCUT2D eigenvalue weighted by molar-refractivity contribution is 0.331. The largest absolute Gasteiger partial charge is 0.366 e. The van der Waals surface area contributed by atoms with Crippen LogP contribution in [0.2, 0.25) is 0 Å². The number of likely N-dealkylation sites (tertiary alicyclic amines) is 1. The second kappa shape index (κ2) is 6.20. The van der Waals surface area contributed by atoms with E-state index in [9.17, 15) is 0 Å². The van der Waals surface area contributed by atoms with Gasteiger partial charge in [0.1, 0.15) is 12.1 Å². The minimum atomic E-state index is 0.479. The number of anilines is 1.